The van der Waals surface area contributed by atoms with Gasteiger partial charge in [-0.05, 0) is 50.9 Å². The zero-order valence-corrected chi connectivity index (χ0v) is 10.6. The van der Waals surface area contributed by atoms with Crippen LogP contribution in [0.25, 0.3) is 0 Å². The van der Waals surface area contributed by atoms with E-state index in [1.165, 1.54) is 0 Å². The van der Waals surface area contributed by atoms with Crippen molar-refractivity contribution in [2.24, 2.45) is 5.73 Å². The molecule has 0 aliphatic carbocycles. The minimum Gasteiger partial charge on any atom is -0.330 e. The smallest absolute Gasteiger partial charge is 0.180 e. The highest BCUT2D eigenvalue weighted by Crippen LogP contribution is 2.17. The first kappa shape index (κ1) is 13.2. The van der Waals surface area contributed by atoms with Crippen molar-refractivity contribution in [1.29, 1.82) is 0 Å². The summed E-state index contributed by atoms with van der Waals surface area (Å²) < 4.78 is 23.9. The van der Waals surface area contributed by atoms with Crippen LogP contribution in [-0.2, 0) is 16.3 Å². The molecule has 16 heavy (non-hydrogen) atoms. The highest BCUT2D eigenvalue weighted by atomic mass is 32.2. The van der Waals surface area contributed by atoms with E-state index in [1.54, 1.807) is 32.0 Å². The summed E-state index contributed by atoms with van der Waals surface area (Å²) in [6.45, 7) is 4.02. The van der Waals surface area contributed by atoms with Crippen LogP contribution in [0.3, 0.4) is 0 Å². The molecule has 0 aromatic heterocycles. The zero-order valence-electron chi connectivity index (χ0n) is 9.81. The lowest BCUT2D eigenvalue weighted by Gasteiger charge is -2.09. The van der Waals surface area contributed by atoms with Gasteiger partial charge < -0.3 is 5.73 Å². The maximum Gasteiger partial charge on any atom is 0.180 e. The van der Waals surface area contributed by atoms with E-state index >= 15 is 0 Å². The van der Waals surface area contributed by atoms with Crippen molar-refractivity contribution < 1.29 is 8.42 Å². The molecule has 0 spiro atoms. The van der Waals surface area contributed by atoms with Gasteiger partial charge in [-0.3, -0.25) is 0 Å². The quantitative estimate of drug-likeness (QED) is 0.854. The normalized spacial score (nSPS) is 12.0. The third-order valence-corrected chi connectivity index (χ3v) is 4.67. The Morgan fingerprint density at radius 2 is 2.00 bits per heavy atom. The van der Waals surface area contributed by atoms with Crippen LogP contribution < -0.4 is 5.73 Å². The monoisotopic (exact) mass is 241 g/mol. The Hall–Kier alpha value is -0.870. The lowest BCUT2D eigenvalue weighted by molar-refractivity contribution is 0.587. The highest BCUT2D eigenvalue weighted by molar-refractivity contribution is 7.92. The van der Waals surface area contributed by atoms with Gasteiger partial charge in [0.05, 0.1) is 10.1 Å². The van der Waals surface area contributed by atoms with Gasteiger partial charge in [0, 0.05) is 0 Å². The number of hydrogen-bond donors (Lipinski definition) is 1. The molecule has 90 valence electrons. The van der Waals surface area contributed by atoms with Gasteiger partial charge in [0.2, 0.25) is 0 Å². The zero-order chi connectivity index (χ0) is 12.2. The van der Waals surface area contributed by atoms with Gasteiger partial charge >= 0.3 is 0 Å². The predicted molar refractivity (Wildman–Crippen MR) is 66.1 cm³/mol. The summed E-state index contributed by atoms with van der Waals surface area (Å²) in [5.74, 6) is 0. The van der Waals surface area contributed by atoms with Crippen LogP contribution in [0.2, 0.25) is 0 Å². The second-order valence-electron chi connectivity index (χ2n) is 4.13. The van der Waals surface area contributed by atoms with Gasteiger partial charge in [-0.25, -0.2) is 8.42 Å². The van der Waals surface area contributed by atoms with E-state index in [1.807, 2.05) is 6.07 Å². The van der Waals surface area contributed by atoms with Crippen LogP contribution >= 0.6 is 0 Å². The number of aryl methyl sites for hydroxylation is 1. The lowest BCUT2D eigenvalue weighted by Crippen LogP contribution is -2.14. The molecule has 0 saturated carbocycles. The van der Waals surface area contributed by atoms with Crippen LogP contribution in [0.1, 0.15) is 25.8 Å². The molecule has 0 saturated heterocycles. The molecule has 0 unspecified atom stereocenters. The second-order valence-corrected chi connectivity index (χ2v) is 6.64. The Bertz CT molecular complexity index is 438. The van der Waals surface area contributed by atoms with Crippen molar-refractivity contribution in [2.45, 2.75) is 36.8 Å². The summed E-state index contributed by atoms with van der Waals surface area (Å²) in [7, 11) is -3.16. The molecule has 0 amide bonds. The third kappa shape index (κ3) is 3.06. The molecule has 0 aliphatic rings. The number of benzene rings is 1. The minimum absolute atomic E-state index is 0.378. The van der Waals surface area contributed by atoms with Crippen molar-refractivity contribution >= 4 is 9.84 Å². The number of rotatable bonds is 5. The highest BCUT2D eigenvalue weighted by Gasteiger charge is 2.18. The van der Waals surface area contributed by atoms with Crippen molar-refractivity contribution in [3.05, 3.63) is 29.8 Å². The van der Waals surface area contributed by atoms with Gasteiger partial charge in [-0.15, -0.1) is 0 Å². The fraction of sp³-hybridized carbons (Fsp3) is 0.500. The average Bonchev–Trinajstić information content (AvgIpc) is 2.26. The van der Waals surface area contributed by atoms with E-state index in [2.05, 4.69) is 0 Å². The molecular weight excluding hydrogens is 222 g/mol. The summed E-state index contributed by atoms with van der Waals surface area (Å²) >= 11 is 0. The lowest BCUT2D eigenvalue weighted by atomic mass is 10.1. The summed E-state index contributed by atoms with van der Waals surface area (Å²) in [4.78, 5) is 0.414. The molecule has 1 rings (SSSR count). The first-order chi connectivity index (χ1) is 7.48. The van der Waals surface area contributed by atoms with Crippen LogP contribution in [0.5, 0.6) is 0 Å². The summed E-state index contributed by atoms with van der Waals surface area (Å²) in [5.41, 5.74) is 6.46. The van der Waals surface area contributed by atoms with E-state index in [9.17, 15) is 8.42 Å². The molecule has 1 aromatic rings. The van der Waals surface area contributed by atoms with Gasteiger partial charge in [-0.1, -0.05) is 12.1 Å². The van der Waals surface area contributed by atoms with E-state index < -0.39 is 9.84 Å². The van der Waals surface area contributed by atoms with Crippen molar-refractivity contribution in [3.63, 3.8) is 0 Å². The largest absolute Gasteiger partial charge is 0.330 e. The molecule has 0 bridgehead atoms. The molecule has 1 aromatic carbocycles. The minimum atomic E-state index is -3.16. The molecule has 0 aliphatic heterocycles. The number of nitrogens with two attached hydrogens (primary N) is 1. The van der Waals surface area contributed by atoms with Crippen molar-refractivity contribution in [1.82, 2.24) is 0 Å². The van der Waals surface area contributed by atoms with Crippen LogP contribution in [0.4, 0.5) is 0 Å². The van der Waals surface area contributed by atoms with Gasteiger partial charge in [0.15, 0.2) is 9.84 Å². The van der Waals surface area contributed by atoms with Gasteiger partial charge in [0.25, 0.3) is 0 Å². The molecule has 4 heteroatoms. The van der Waals surface area contributed by atoms with Crippen molar-refractivity contribution in [3.8, 4) is 0 Å². The Balaban J connectivity index is 2.99. The van der Waals surface area contributed by atoms with Crippen LogP contribution in [-0.4, -0.2) is 20.2 Å². The molecular formula is C12H19NO2S. The molecule has 0 fully saturated rings. The molecule has 0 heterocycles. The van der Waals surface area contributed by atoms with Crippen LogP contribution in [0.15, 0.2) is 29.2 Å². The maximum absolute atomic E-state index is 11.9. The van der Waals surface area contributed by atoms with E-state index in [4.69, 9.17) is 5.73 Å². The van der Waals surface area contributed by atoms with Gasteiger partial charge in [-0.2, -0.15) is 0 Å². The second kappa shape index (κ2) is 5.46. The Morgan fingerprint density at radius 1 is 1.31 bits per heavy atom. The molecule has 2 N–H and O–H groups in total. The standard InChI is InChI=1S/C12H19NO2S/c1-10(2)16(14,15)12-7-3-5-11(9-12)6-4-8-13/h3,5,7,9-10H,4,6,8,13H2,1-2H3. The summed E-state index contributed by atoms with van der Waals surface area (Å²) in [6, 6.07) is 7.14. The van der Waals surface area contributed by atoms with E-state index in [0.717, 1.165) is 18.4 Å². The number of sulfone groups is 1. The fourth-order valence-electron chi connectivity index (χ4n) is 1.46. The molecule has 0 atom stereocenters. The molecule has 3 nitrogen and oxygen atoms in total. The summed E-state index contributed by atoms with van der Waals surface area (Å²) in [5, 5.41) is -0.378. The molecule has 0 radical (unpaired) electrons. The average molecular weight is 241 g/mol. The predicted octanol–water partition coefficient (Wildman–Crippen LogP) is 1.76. The third-order valence-electron chi connectivity index (χ3n) is 2.52. The first-order valence-electron chi connectivity index (χ1n) is 5.51. The van der Waals surface area contributed by atoms with E-state index in [0.29, 0.717) is 11.4 Å². The Labute approximate surface area is 97.6 Å². The van der Waals surface area contributed by atoms with E-state index in [-0.39, 0.29) is 5.25 Å². The fourth-order valence-corrected chi connectivity index (χ4v) is 2.58. The van der Waals surface area contributed by atoms with Crippen molar-refractivity contribution in [2.75, 3.05) is 6.54 Å². The maximum atomic E-state index is 11.9. The SMILES string of the molecule is CC(C)S(=O)(=O)c1cccc(CCCN)c1. The summed E-state index contributed by atoms with van der Waals surface area (Å²) in [6.07, 6.45) is 1.71. The Kier molecular flexibility index (Phi) is 4.50. The van der Waals surface area contributed by atoms with Crippen LogP contribution in [0, 0.1) is 0 Å². The first-order valence-corrected chi connectivity index (χ1v) is 7.06. The topological polar surface area (TPSA) is 60.2 Å². The number of hydrogen-bond acceptors (Lipinski definition) is 3. The Morgan fingerprint density at radius 3 is 2.56 bits per heavy atom. The van der Waals surface area contributed by atoms with Gasteiger partial charge in [0.1, 0.15) is 0 Å².